The first-order valence-corrected chi connectivity index (χ1v) is 6.58. The number of carbonyl (C=O) groups excluding carboxylic acids is 2. The highest BCUT2D eigenvalue weighted by Crippen LogP contribution is 2.38. The predicted molar refractivity (Wildman–Crippen MR) is 82.2 cm³/mol. The van der Waals surface area contributed by atoms with Crippen LogP contribution in [-0.2, 0) is 9.63 Å². The summed E-state index contributed by atoms with van der Waals surface area (Å²) in [6.45, 7) is 0. The molecule has 120 valence electrons. The van der Waals surface area contributed by atoms with Crippen molar-refractivity contribution in [1.29, 1.82) is 0 Å². The molecule has 1 aliphatic rings. The van der Waals surface area contributed by atoms with Gasteiger partial charge < -0.3 is 19.0 Å². The second-order valence-electron chi connectivity index (χ2n) is 4.38. The number of nitrogens with zero attached hydrogens (tertiary/aromatic N) is 1. The van der Waals surface area contributed by atoms with Gasteiger partial charge in [-0.3, -0.25) is 4.79 Å². The lowest BCUT2D eigenvalue weighted by Gasteiger charge is -2.13. The van der Waals surface area contributed by atoms with Crippen molar-refractivity contribution in [3.8, 4) is 17.2 Å². The topological polar surface area (TPSA) is 83.4 Å². The van der Waals surface area contributed by atoms with Crippen molar-refractivity contribution in [3.63, 3.8) is 0 Å². The SMILES string of the molecule is COc1cc(C(=O)ON=C2C=CC(=O)C=C2)cc(OC)c1OC. The van der Waals surface area contributed by atoms with E-state index in [1.807, 2.05) is 0 Å². The van der Waals surface area contributed by atoms with E-state index in [0.29, 0.717) is 23.0 Å². The summed E-state index contributed by atoms with van der Waals surface area (Å²) in [7, 11) is 4.36. The first-order valence-electron chi connectivity index (χ1n) is 6.58. The van der Waals surface area contributed by atoms with Crippen molar-refractivity contribution in [3.05, 3.63) is 42.0 Å². The maximum absolute atomic E-state index is 12.1. The van der Waals surface area contributed by atoms with Crippen LogP contribution in [0.1, 0.15) is 10.4 Å². The summed E-state index contributed by atoms with van der Waals surface area (Å²) in [6, 6.07) is 2.92. The lowest BCUT2D eigenvalue weighted by molar-refractivity contribution is -0.110. The molecule has 0 bridgehead atoms. The second-order valence-corrected chi connectivity index (χ2v) is 4.38. The van der Waals surface area contributed by atoms with Crippen LogP contribution in [0.25, 0.3) is 0 Å². The van der Waals surface area contributed by atoms with Gasteiger partial charge in [0.1, 0.15) is 5.71 Å². The van der Waals surface area contributed by atoms with E-state index in [2.05, 4.69) is 5.16 Å². The van der Waals surface area contributed by atoms with Crippen LogP contribution in [0.15, 0.2) is 41.6 Å². The monoisotopic (exact) mass is 317 g/mol. The van der Waals surface area contributed by atoms with Crippen LogP contribution in [0.4, 0.5) is 0 Å². The van der Waals surface area contributed by atoms with Gasteiger partial charge in [-0.2, -0.15) is 0 Å². The number of hydrogen-bond donors (Lipinski definition) is 0. The van der Waals surface area contributed by atoms with Gasteiger partial charge in [-0.1, -0.05) is 5.16 Å². The summed E-state index contributed by atoms with van der Waals surface area (Å²) in [6.07, 6.45) is 5.55. The molecule has 0 saturated carbocycles. The van der Waals surface area contributed by atoms with E-state index in [9.17, 15) is 9.59 Å². The number of methoxy groups -OCH3 is 3. The van der Waals surface area contributed by atoms with Crippen molar-refractivity contribution in [2.24, 2.45) is 5.16 Å². The standard InChI is InChI=1S/C16H15NO6/c1-20-13-8-10(9-14(21-2)15(13)22-3)16(19)23-17-11-4-6-12(18)7-5-11/h4-9H,1-3H3. The average Bonchev–Trinajstić information content (AvgIpc) is 2.59. The lowest BCUT2D eigenvalue weighted by atomic mass is 10.2. The zero-order valence-electron chi connectivity index (χ0n) is 12.9. The molecule has 0 radical (unpaired) electrons. The van der Waals surface area contributed by atoms with Gasteiger partial charge in [0, 0.05) is 0 Å². The van der Waals surface area contributed by atoms with Crippen molar-refractivity contribution >= 4 is 17.5 Å². The van der Waals surface area contributed by atoms with Gasteiger partial charge >= 0.3 is 5.97 Å². The number of ketones is 1. The fourth-order valence-electron chi connectivity index (χ4n) is 1.85. The van der Waals surface area contributed by atoms with Crippen molar-refractivity contribution < 1.29 is 28.6 Å². The number of oxime groups is 1. The summed E-state index contributed by atoms with van der Waals surface area (Å²) in [4.78, 5) is 27.9. The van der Waals surface area contributed by atoms with E-state index in [1.54, 1.807) is 0 Å². The Morgan fingerprint density at radius 2 is 1.48 bits per heavy atom. The normalized spacial score (nSPS) is 12.8. The first-order chi connectivity index (χ1) is 11.1. The van der Waals surface area contributed by atoms with Gasteiger partial charge in [-0.15, -0.1) is 0 Å². The molecule has 0 unspecified atom stereocenters. The summed E-state index contributed by atoms with van der Waals surface area (Å²) in [5.74, 6) is 0.175. The van der Waals surface area contributed by atoms with Crippen molar-refractivity contribution in [1.82, 2.24) is 0 Å². The van der Waals surface area contributed by atoms with Crippen LogP contribution in [-0.4, -0.2) is 38.8 Å². The predicted octanol–water partition coefficient (Wildman–Crippen LogP) is 1.92. The Morgan fingerprint density at radius 1 is 0.913 bits per heavy atom. The van der Waals surface area contributed by atoms with Gasteiger partial charge in [0.15, 0.2) is 17.3 Å². The molecule has 0 aromatic heterocycles. The van der Waals surface area contributed by atoms with E-state index in [4.69, 9.17) is 19.0 Å². The van der Waals surface area contributed by atoms with Crippen LogP contribution in [0, 0.1) is 0 Å². The molecule has 1 aromatic rings. The molecule has 0 saturated heterocycles. The summed E-state index contributed by atoms with van der Waals surface area (Å²) >= 11 is 0. The molecule has 0 spiro atoms. The minimum Gasteiger partial charge on any atom is -0.493 e. The van der Waals surface area contributed by atoms with Crippen LogP contribution in [0.5, 0.6) is 17.2 Å². The van der Waals surface area contributed by atoms with Crippen LogP contribution in [0.2, 0.25) is 0 Å². The molecular weight excluding hydrogens is 302 g/mol. The average molecular weight is 317 g/mol. The molecule has 0 fully saturated rings. The summed E-state index contributed by atoms with van der Waals surface area (Å²) < 4.78 is 15.5. The zero-order chi connectivity index (χ0) is 16.8. The minimum atomic E-state index is -0.699. The Hall–Kier alpha value is -3.09. The number of benzene rings is 1. The third-order valence-electron chi connectivity index (χ3n) is 2.97. The zero-order valence-corrected chi connectivity index (χ0v) is 12.9. The minimum absolute atomic E-state index is 0.153. The third kappa shape index (κ3) is 3.76. The maximum Gasteiger partial charge on any atom is 0.366 e. The van der Waals surface area contributed by atoms with Gasteiger partial charge in [0.2, 0.25) is 5.75 Å². The molecule has 0 N–H and O–H groups in total. The molecule has 2 rings (SSSR count). The maximum atomic E-state index is 12.1. The van der Waals surface area contributed by atoms with Gasteiger partial charge in [0.25, 0.3) is 0 Å². The van der Waals surface area contributed by atoms with Crippen LogP contribution < -0.4 is 14.2 Å². The molecule has 1 aliphatic carbocycles. The molecular formula is C16H15NO6. The highest BCUT2D eigenvalue weighted by molar-refractivity contribution is 6.16. The molecule has 7 heteroatoms. The van der Waals surface area contributed by atoms with Crippen molar-refractivity contribution in [2.75, 3.05) is 21.3 Å². The summed E-state index contributed by atoms with van der Waals surface area (Å²) in [5, 5.41) is 3.68. The number of allylic oxidation sites excluding steroid dienone is 4. The van der Waals surface area contributed by atoms with Gasteiger partial charge in [-0.05, 0) is 36.4 Å². The molecule has 7 nitrogen and oxygen atoms in total. The largest absolute Gasteiger partial charge is 0.493 e. The summed E-state index contributed by atoms with van der Waals surface area (Å²) in [5.41, 5.74) is 0.536. The van der Waals surface area contributed by atoms with Gasteiger partial charge in [-0.25, -0.2) is 4.79 Å². The highest BCUT2D eigenvalue weighted by Gasteiger charge is 2.18. The number of carbonyl (C=O) groups is 2. The number of ether oxygens (including phenoxy) is 3. The smallest absolute Gasteiger partial charge is 0.366 e. The number of hydrogen-bond acceptors (Lipinski definition) is 7. The Balaban J connectivity index is 2.22. The molecule has 1 aromatic carbocycles. The molecule has 0 atom stereocenters. The quantitative estimate of drug-likeness (QED) is 0.469. The number of rotatable bonds is 5. The molecule has 0 heterocycles. The van der Waals surface area contributed by atoms with Crippen LogP contribution >= 0.6 is 0 Å². The Labute approximate surface area is 132 Å². The Morgan fingerprint density at radius 3 is 1.96 bits per heavy atom. The van der Waals surface area contributed by atoms with E-state index in [1.165, 1.54) is 57.8 Å². The van der Waals surface area contributed by atoms with E-state index in [0.717, 1.165) is 0 Å². The van der Waals surface area contributed by atoms with Crippen molar-refractivity contribution in [2.45, 2.75) is 0 Å². The van der Waals surface area contributed by atoms with E-state index >= 15 is 0 Å². The third-order valence-corrected chi connectivity index (χ3v) is 2.97. The Kier molecular flexibility index (Phi) is 5.14. The first kappa shape index (κ1) is 16.3. The molecule has 23 heavy (non-hydrogen) atoms. The van der Waals surface area contributed by atoms with Gasteiger partial charge in [0.05, 0.1) is 26.9 Å². The molecule has 0 aliphatic heterocycles. The lowest BCUT2D eigenvalue weighted by Crippen LogP contribution is -2.06. The Bertz CT molecular complexity index is 674. The fourth-order valence-corrected chi connectivity index (χ4v) is 1.85. The van der Waals surface area contributed by atoms with Crippen LogP contribution in [0.3, 0.4) is 0 Å². The molecule has 0 amide bonds. The fraction of sp³-hybridized carbons (Fsp3) is 0.188. The van der Waals surface area contributed by atoms with E-state index < -0.39 is 5.97 Å². The second kappa shape index (κ2) is 7.26. The highest BCUT2D eigenvalue weighted by atomic mass is 16.7. The van der Waals surface area contributed by atoms with E-state index in [-0.39, 0.29) is 11.3 Å².